The van der Waals surface area contributed by atoms with Crippen molar-refractivity contribution in [2.45, 2.75) is 41.2 Å². The number of aryl methyl sites for hydroxylation is 3. The molecule has 0 atom stereocenters. The number of hydrogen-bond acceptors (Lipinski definition) is 2. The molecule has 0 aliphatic rings. The van der Waals surface area contributed by atoms with Crippen LogP contribution in [-0.2, 0) is 11.3 Å². The van der Waals surface area contributed by atoms with Crippen LogP contribution in [0.2, 0.25) is 0 Å². The van der Waals surface area contributed by atoms with E-state index in [2.05, 4.69) is 37.5 Å². The molecule has 0 bridgehead atoms. The van der Waals surface area contributed by atoms with Gasteiger partial charge in [0.1, 0.15) is 12.3 Å². The van der Waals surface area contributed by atoms with Gasteiger partial charge in [-0.05, 0) is 51.8 Å². The lowest BCUT2D eigenvalue weighted by molar-refractivity contribution is -0.674. The van der Waals surface area contributed by atoms with Gasteiger partial charge in [-0.1, -0.05) is 0 Å². The lowest BCUT2D eigenvalue weighted by atomic mass is 10.1. The summed E-state index contributed by atoms with van der Waals surface area (Å²) in [6.07, 6.45) is 1.96. The molecule has 0 unspecified atom stereocenters. The summed E-state index contributed by atoms with van der Waals surface area (Å²) in [5.74, 6) is 1.71. The number of allylic oxidation sites excluding steroid dienone is 1. The van der Waals surface area contributed by atoms with Crippen LogP contribution in [0, 0.1) is 13.8 Å². The van der Waals surface area contributed by atoms with Crippen molar-refractivity contribution < 1.29 is 13.7 Å². The molecule has 1 heterocycles. The molecule has 1 aromatic heterocycles. The zero-order valence-electron chi connectivity index (χ0n) is 12.4. The van der Waals surface area contributed by atoms with Crippen LogP contribution in [0.3, 0.4) is 0 Å². The van der Waals surface area contributed by atoms with Gasteiger partial charge >= 0.3 is 5.89 Å². The topological polar surface area (TPSA) is 26.2 Å². The van der Waals surface area contributed by atoms with Gasteiger partial charge in [-0.25, -0.2) is 0 Å². The quantitative estimate of drug-likeness (QED) is 0.618. The number of nitrogens with zero attached hydrogens (tertiary/aromatic N) is 1. The third-order valence-corrected chi connectivity index (χ3v) is 3.36. The van der Waals surface area contributed by atoms with Crippen LogP contribution in [0.15, 0.2) is 22.3 Å². The Hall–Kier alpha value is -1.77. The first-order chi connectivity index (χ1) is 9.06. The van der Waals surface area contributed by atoms with Crippen LogP contribution < -0.4 is 4.57 Å². The van der Waals surface area contributed by atoms with Gasteiger partial charge in [0, 0.05) is 6.07 Å². The van der Waals surface area contributed by atoms with E-state index in [1.54, 1.807) is 0 Å². The number of fused-ring (bicyclic) bond motifs is 1. The first-order valence-corrected chi connectivity index (χ1v) is 6.81. The zero-order chi connectivity index (χ0) is 14.0. The summed E-state index contributed by atoms with van der Waals surface area (Å²) < 4.78 is 13.6. The molecule has 0 N–H and O–H groups in total. The van der Waals surface area contributed by atoms with Crippen LogP contribution in [0.1, 0.15) is 37.8 Å². The van der Waals surface area contributed by atoms with Gasteiger partial charge in [0.05, 0.1) is 12.7 Å². The Balaban J connectivity index is 2.59. The van der Waals surface area contributed by atoms with Crippen molar-refractivity contribution in [1.29, 1.82) is 0 Å². The molecule has 19 heavy (non-hydrogen) atoms. The van der Waals surface area contributed by atoms with Crippen molar-refractivity contribution in [2.75, 3.05) is 6.61 Å². The summed E-state index contributed by atoms with van der Waals surface area (Å²) in [6, 6.07) is 4.29. The molecule has 0 saturated carbocycles. The fourth-order valence-electron chi connectivity index (χ4n) is 2.23. The van der Waals surface area contributed by atoms with Crippen LogP contribution in [0.5, 0.6) is 0 Å². The van der Waals surface area contributed by atoms with Crippen LogP contribution in [0.25, 0.3) is 17.2 Å². The van der Waals surface area contributed by atoms with Crippen LogP contribution in [-0.4, -0.2) is 6.61 Å². The highest BCUT2D eigenvalue weighted by Crippen LogP contribution is 2.20. The SMILES string of the molecule is CCOC(C)=Cc1oc2cc(C)c(C)cc2[n+]1CC. The molecule has 0 amide bonds. The monoisotopic (exact) mass is 260 g/mol. The molecule has 2 rings (SSSR count). The minimum absolute atomic E-state index is 0.674. The predicted octanol–water partition coefficient (Wildman–Crippen LogP) is 3.75. The number of rotatable bonds is 4. The maximum Gasteiger partial charge on any atom is 0.377 e. The Kier molecular flexibility index (Phi) is 3.93. The summed E-state index contributed by atoms with van der Waals surface area (Å²) in [5.41, 5.74) is 4.61. The highest BCUT2D eigenvalue weighted by Gasteiger charge is 2.20. The second-order valence-corrected chi connectivity index (χ2v) is 4.78. The minimum atomic E-state index is 0.674. The number of ether oxygens (including phenoxy) is 1. The number of oxazole rings is 1. The first kappa shape index (κ1) is 13.7. The average molecular weight is 260 g/mol. The van der Waals surface area contributed by atoms with Crippen molar-refractivity contribution >= 4 is 17.2 Å². The molecule has 0 radical (unpaired) electrons. The van der Waals surface area contributed by atoms with E-state index in [4.69, 9.17) is 9.15 Å². The predicted molar refractivity (Wildman–Crippen MR) is 76.8 cm³/mol. The van der Waals surface area contributed by atoms with E-state index < -0.39 is 0 Å². The van der Waals surface area contributed by atoms with E-state index in [0.29, 0.717) is 6.61 Å². The fourth-order valence-corrected chi connectivity index (χ4v) is 2.23. The molecule has 1 aromatic carbocycles. The van der Waals surface area contributed by atoms with Crippen molar-refractivity contribution in [3.8, 4) is 0 Å². The fraction of sp³-hybridized carbons (Fsp3) is 0.438. The molecule has 3 nitrogen and oxygen atoms in total. The Labute approximate surface area is 114 Å². The highest BCUT2D eigenvalue weighted by molar-refractivity contribution is 5.72. The van der Waals surface area contributed by atoms with Crippen molar-refractivity contribution in [2.24, 2.45) is 0 Å². The summed E-state index contributed by atoms with van der Waals surface area (Å²) in [4.78, 5) is 0. The van der Waals surface area contributed by atoms with E-state index in [9.17, 15) is 0 Å². The molecular formula is C16H22NO2+. The van der Waals surface area contributed by atoms with E-state index in [0.717, 1.165) is 29.3 Å². The second-order valence-electron chi connectivity index (χ2n) is 4.78. The molecule has 0 aliphatic carbocycles. The van der Waals surface area contributed by atoms with E-state index >= 15 is 0 Å². The second kappa shape index (κ2) is 5.47. The van der Waals surface area contributed by atoms with Crippen molar-refractivity contribution in [1.82, 2.24) is 0 Å². The van der Waals surface area contributed by atoms with E-state index in [1.165, 1.54) is 11.1 Å². The minimum Gasteiger partial charge on any atom is -0.498 e. The van der Waals surface area contributed by atoms with Gasteiger partial charge in [0.15, 0.2) is 0 Å². The normalized spacial score (nSPS) is 12.2. The lowest BCUT2D eigenvalue weighted by Crippen LogP contribution is -2.33. The van der Waals surface area contributed by atoms with Crippen LogP contribution >= 0.6 is 0 Å². The smallest absolute Gasteiger partial charge is 0.377 e. The molecular weight excluding hydrogens is 238 g/mol. The highest BCUT2D eigenvalue weighted by atomic mass is 16.5. The van der Waals surface area contributed by atoms with Gasteiger partial charge in [-0.3, -0.25) is 0 Å². The standard InChI is InChI=1S/C16H22NO2/c1-6-17-14-8-11(3)12(4)9-15(14)19-16(17)10-13(5)18-7-2/h8-10H,6-7H2,1-5H3/q+1. The Morgan fingerprint density at radius 2 is 1.95 bits per heavy atom. The molecule has 0 aliphatic heterocycles. The third-order valence-electron chi connectivity index (χ3n) is 3.36. The zero-order valence-corrected chi connectivity index (χ0v) is 12.4. The van der Waals surface area contributed by atoms with Crippen molar-refractivity contribution in [3.05, 3.63) is 34.9 Å². The number of hydrogen-bond donors (Lipinski definition) is 0. The Morgan fingerprint density at radius 1 is 1.26 bits per heavy atom. The maximum atomic E-state index is 5.95. The molecule has 102 valence electrons. The maximum absolute atomic E-state index is 5.95. The summed E-state index contributed by atoms with van der Waals surface area (Å²) in [5, 5.41) is 0. The Bertz CT molecular complexity index is 623. The summed E-state index contributed by atoms with van der Waals surface area (Å²) >= 11 is 0. The van der Waals surface area contributed by atoms with Gasteiger partial charge < -0.3 is 9.15 Å². The third kappa shape index (κ3) is 2.65. The molecule has 0 fully saturated rings. The van der Waals surface area contributed by atoms with E-state index in [-0.39, 0.29) is 0 Å². The largest absolute Gasteiger partial charge is 0.498 e. The van der Waals surface area contributed by atoms with Gasteiger partial charge in [0.2, 0.25) is 5.58 Å². The Morgan fingerprint density at radius 3 is 2.58 bits per heavy atom. The number of benzene rings is 1. The van der Waals surface area contributed by atoms with Crippen molar-refractivity contribution in [3.63, 3.8) is 0 Å². The van der Waals surface area contributed by atoms with Gasteiger partial charge in [-0.15, -0.1) is 0 Å². The summed E-state index contributed by atoms with van der Waals surface area (Å²) in [7, 11) is 0. The van der Waals surface area contributed by atoms with Crippen LogP contribution in [0.4, 0.5) is 0 Å². The van der Waals surface area contributed by atoms with Gasteiger partial charge in [-0.2, -0.15) is 4.57 Å². The molecule has 0 spiro atoms. The average Bonchev–Trinajstić information content (AvgIpc) is 2.66. The number of aromatic nitrogens is 1. The molecule has 0 saturated heterocycles. The van der Waals surface area contributed by atoms with Gasteiger partial charge in [0.25, 0.3) is 5.52 Å². The van der Waals surface area contributed by atoms with E-state index in [1.807, 2.05) is 19.9 Å². The lowest BCUT2D eigenvalue weighted by Gasteiger charge is -1.99. The molecule has 3 heteroatoms. The summed E-state index contributed by atoms with van der Waals surface area (Å²) in [6.45, 7) is 11.8. The first-order valence-electron chi connectivity index (χ1n) is 6.81. The molecule has 2 aromatic rings.